The SMILES string of the molecule is CC(C)[C@@H]1COC(c2cccc3cc4cccc(C5=N[C@H](C(C)C)CO5)c4nc23)=N1. The number of ether oxygens (including phenoxy) is 2. The molecule has 0 radical (unpaired) electrons. The molecule has 5 heteroatoms. The molecule has 0 bridgehead atoms. The molecule has 2 aliphatic rings. The highest BCUT2D eigenvalue weighted by atomic mass is 16.5. The minimum Gasteiger partial charge on any atom is -0.475 e. The molecule has 2 aromatic carbocycles. The summed E-state index contributed by atoms with van der Waals surface area (Å²) in [4.78, 5) is 14.7. The standard InChI is InChI=1S/C25H27N3O2/c1-14(2)20-12-29-24(26-20)18-9-5-7-16-11-17-8-6-10-19(23(17)28-22(16)18)25-27-21(13-30-25)15(3)4/h5-11,14-15,20-21H,12-13H2,1-4H3/t20-,21-/m0/s1. The molecule has 5 nitrogen and oxygen atoms in total. The van der Waals surface area contributed by atoms with Crippen molar-refractivity contribution in [2.45, 2.75) is 39.8 Å². The molecule has 0 fully saturated rings. The molecule has 0 saturated carbocycles. The molecule has 0 amide bonds. The molecule has 3 heterocycles. The third-order valence-electron chi connectivity index (χ3n) is 6.02. The van der Waals surface area contributed by atoms with Crippen LogP contribution in [0.3, 0.4) is 0 Å². The number of para-hydroxylation sites is 2. The van der Waals surface area contributed by atoms with Crippen LogP contribution in [0, 0.1) is 11.8 Å². The van der Waals surface area contributed by atoms with Crippen molar-refractivity contribution in [2.75, 3.05) is 13.2 Å². The number of aromatic nitrogens is 1. The molecule has 154 valence electrons. The van der Waals surface area contributed by atoms with Gasteiger partial charge in [-0.2, -0.15) is 0 Å². The van der Waals surface area contributed by atoms with Gasteiger partial charge >= 0.3 is 0 Å². The molecule has 3 aromatic rings. The van der Waals surface area contributed by atoms with Gasteiger partial charge in [-0.1, -0.05) is 52.0 Å². The maximum Gasteiger partial charge on any atom is 0.218 e. The lowest BCUT2D eigenvalue weighted by molar-refractivity contribution is 0.292. The second-order valence-corrected chi connectivity index (χ2v) is 8.86. The number of rotatable bonds is 4. The molecule has 0 unspecified atom stereocenters. The summed E-state index contributed by atoms with van der Waals surface area (Å²) < 4.78 is 11.9. The predicted molar refractivity (Wildman–Crippen MR) is 121 cm³/mol. The normalized spacial score (nSPS) is 21.3. The van der Waals surface area contributed by atoms with Crippen molar-refractivity contribution in [1.29, 1.82) is 0 Å². The Morgan fingerprint density at radius 1 is 0.733 bits per heavy atom. The minimum atomic E-state index is 0.195. The fourth-order valence-electron chi connectivity index (χ4n) is 3.99. The Balaban J connectivity index is 1.67. The van der Waals surface area contributed by atoms with Crippen LogP contribution in [0.5, 0.6) is 0 Å². The maximum atomic E-state index is 5.97. The van der Waals surface area contributed by atoms with Gasteiger partial charge < -0.3 is 9.47 Å². The monoisotopic (exact) mass is 401 g/mol. The van der Waals surface area contributed by atoms with Gasteiger partial charge in [0, 0.05) is 10.8 Å². The first-order valence-electron chi connectivity index (χ1n) is 10.8. The van der Waals surface area contributed by atoms with E-state index in [1.54, 1.807) is 0 Å². The van der Waals surface area contributed by atoms with E-state index in [-0.39, 0.29) is 12.1 Å². The summed E-state index contributed by atoms with van der Waals surface area (Å²) >= 11 is 0. The van der Waals surface area contributed by atoms with E-state index in [0.717, 1.165) is 32.9 Å². The first-order valence-corrected chi connectivity index (χ1v) is 10.8. The average molecular weight is 402 g/mol. The fraction of sp³-hybridized carbons (Fsp3) is 0.400. The molecule has 30 heavy (non-hydrogen) atoms. The molecule has 0 N–H and O–H groups in total. The Bertz CT molecular complexity index is 1090. The first kappa shape index (κ1) is 19.0. The van der Waals surface area contributed by atoms with Gasteiger partial charge in [0.1, 0.15) is 13.2 Å². The zero-order valence-corrected chi connectivity index (χ0v) is 17.9. The summed E-state index contributed by atoms with van der Waals surface area (Å²) in [5, 5.41) is 2.15. The largest absolute Gasteiger partial charge is 0.475 e. The van der Waals surface area contributed by atoms with Crippen molar-refractivity contribution in [3.63, 3.8) is 0 Å². The van der Waals surface area contributed by atoms with Crippen LogP contribution in [0.1, 0.15) is 38.8 Å². The molecule has 0 aliphatic carbocycles. The zero-order valence-electron chi connectivity index (χ0n) is 17.9. The Labute approximate surface area is 176 Å². The molecule has 0 saturated heterocycles. The quantitative estimate of drug-likeness (QED) is 0.579. The van der Waals surface area contributed by atoms with Crippen molar-refractivity contribution < 1.29 is 9.47 Å². The number of fused-ring (bicyclic) bond motifs is 2. The smallest absolute Gasteiger partial charge is 0.218 e. The third kappa shape index (κ3) is 3.22. The number of pyridine rings is 1. The van der Waals surface area contributed by atoms with Crippen LogP contribution in [-0.4, -0.2) is 42.1 Å². The Hall–Kier alpha value is -2.95. The van der Waals surface area contributed by atoms with Crippen molar-refractivity contribution in [3.8, 4) is 0 Å². The maximum absolute atomic E-state index is 5.97. The molecular weight excluding hydrogens is 374 g/mol. The Morgan fingerprint density at radius 2 is 1.20 bits per heavy atom. The lowest BCUT2D eigenvalue weighted by Gasteiger charge is -2.10. The third-order valence-corrected chi connectivity index (χ3v) is 6.02. The van der Waals surface area contributed by atoms with Crippen LogP contribution in [0.4, 0.5) is 0 Å². The van der Waals surface area contributed by atoms with Crippen molar-refractivity contribution >= 4 is 33.6 Å². The number of hydrogen-bond acceptors (Lipinski definition) is 5. The van der Waals surface area contributed by atoms with Gasteiger partial charge in [-0.25, -0.2) is 15.0 Å². The van der Waals surface area contributed by atoms with Gasteiger partial charge in [-0.3, -0.25) is 0 Å². The predicted octanol–water partition coefficient (Wildman–Crippen LogP) is 4.99. The van der Waals surface area contributed by atoms with Gasteiger partial charge in [-0.05, 0) is 30.0 Å². The Morgan fingerprint density at radius 3 is 1.60 bits per heavy atom. The van der Waals surface area contributed by atoms with Crippen LogP contribution in [0.2, 0.25) is 0 Å². The fourth-order valence-corrected chi connectivity index (χ4v) is 3.99. The first-order chi connectivity index (χ1) is 14.5. The number of aliphatic imine (C=N–C) groups is 2. The highest BCUT2D eigenvalue weighted by molar-refractivity contribution is 6.11. The molecule has 1 aromatic heterocycles. The van der Waals surface area contributed by atoms with Gasteiger partial charge in [-0.15, -0.1) is 0 Å². The molecule has 5 rings (SSSR count). The van der Waals surface area contributed by atoms with Gasteiger partial charge in [0.2, 0.25) is 11.8 Å². The number of benzene rings is 2. The summed E-state index contributed by atoms with van der Waals surface area (Å²) in [7, 11) is 0. The number of hydrogen-bond donors (Lipinski definition) is 0. The second-order valence-electron chi connectivity index (χ2n) is 8.86. The summed E-state index contributed by atoms with van der Waals surface area (Å²) in [6.07, 6.45) is 0. The van der Waals surface area contributed by atoms with E-state index in [1.807, 2.05) is 24.3 Å². The lowest BCUT2D eigenvalue weighted by Crippen LogP contribution is -2.13. The highest BCUT2D eigenvalue weighted by Crippen LogP contribution is 2.29. The summed E-state index contributed by atoms with van der Waals surface area (Å²) in [5.74, 6) is 2.28. The minimum absolute atomic E-state index is 0.195. The molecular formula is C25H27N3O2. The van der Waals surface area contributed by atoms with Crippen LogP contribution in [0.25, 0.3) is 21.8 Å². The Kier molecular flexibility index (Phi) is 4.69. The van der Waals surface area contributed by atoms with E-state index in [2.05, 4.69) is 45.9 Å². The highest BCUT2D eigenvalue weighted by Gasteiger charge is 2.26. The lowest BCUT2D eigenvalue weighted by atomic mass is 10.0. The summed E-state index contributed by atoms with van der Waals surface area (Å²) in [6, 6.07) is 14.9. The summed E-state index contributed by atoms with van der Waals surface area (Å²) in [6.45, 7) is 9.96. The molecule has 2 atom stereocenters. The van der Waals surface area contributed by atoms with E-state index in [0.29, 0.717) is 36.8 Å². The molecule has 0 spiro atoms. The van der Waals surface area contributed by atoms with Gasteiger partial charge in [0.25, 0.3) is 0 Å². The van der Waals surface area contributed by atoms with E-state index in [9.17, 15) is 0 Å². The van der Waals surface area contributed by atoms with Gasteiger partial charge in [0.15, 0.2) is 0 Å². The van der Waals surface area contributed by atoms with Crippen molar-refractivity contribution in [2.24, 2.45) is 21.8 Å². The van der Waals surface area contributed by atoms with Crippen molar-refractivity contribution in [3.05, 3.63) is 53.6 Å². The van der Waals surface area contributed by atoms with Crippen LogP contribution in [-0.2, 0) is 9.47 Å². The van der Waals surface area contributed by atoms with E-state index < -0.39 is 0 Å². The van der Waals surface area contributed by atoms with Crippen LogP contribution in [0.15, 0.2) is 52.4 Å². The van der Waals surface area contributed by atoms with E-state index in [4.69, 9.17) is 24.4 Å². The van der Waals surface area contributed by atoms with Crippen molar-refractivity contribution in [1.82, 2.24) is 4.98 Å². The summed E-state index contributed by atoms with van der Waals surface area (Å²) in [5.41, 5.74) is 3.70. The number of nitrogens with zero attached hydrogens (tertiary/aromatic N) is 3. The van der Waals surface area contributed by atoms with E-state index >= 15 is 0 Å². The zero-order chi connectivity index (χ0) is 20.8. The molecule has 2 aliphatic heterocycles. The second kappa shape index (κ2) is 7.38. The average Bonchev–Trinajstić information content (AvgIpc) is 3.41. The van der Waals surface area contributed by atoms with Gasteiger partial charge in [0.05, 0.1) is 34.2 Å². The topological polar surface area (TPSA) is 56.1 Å². The van der Waals surface area contributed by atoms with Crippen LogP contribution >= 0.6 is 0 Å². The van der Waals surface area contributed by atoms with E-state index in [1.165, 1.54) is 0 Å². The van der Waals surface area contributed by atoms with Crippen LogP contribution < -0.4 is 0 Å².